The second kappa shape index (κ2) is 8.91. The average molecular weight is 384 g/mol. The third-order valence-corrected chi connectivity index (χ3v) is 5.26. The number of hydrogen-bond acceptors (Lipinski definition) is 4. The Morgan fingerprint density at radius 2 is 1.86 bits per heavy atom. The monoisotopic (exact) mass is 384 g/mol. The molecule has 7 nitrogen and oxygen atoms in total. The van der Waals surface area contributed by atoms with Crippen LogP contribution in [-0.4, -0.2) is 46.4 Å². The lowest BCUT2D eigenvalue weighted by molar-refractivity contribution is -0.149. The first-order valence-electron chi connectivity index (χ1n) is 9.81. The van der Waals surface area contributed by atoms with Crippen LogP contribution < -0.4 is 5.32 Å². The lowest BCUT2D eigenvalue weighted by Gasteiger charge is -2.30. The number of likely N-dealkylation sites (tertiary alicyclic amines) is 1. The van der Waals surface area contributed by atoms with Crippen LogP contribution in [0.15, 0.2) is 30.3 Å². The van der Waals surface area contributed by atoms with Crippen molar-refractivity contribution in [3.8, 4) is 5.69 Å². The van der Waals surface area contributed by atoms with Crippen LogP contribution in [0.4, 0.5) is 4.79 Å². The van der Waals surface area contributed by atoms with E-state index >= 15 is 0 Å². The summed E-state index contributed by atoms with van der Waals surface area (Å²) in [4.78, 5) is 26.1. The first kappa shape index (κ1) is 19.9. The fourth-order valence-corrected chi connectivity index (χ4v) is 3.61. The number of para-hydroxylation sites is 1. The Hall–Kier alpha value is -2.83. The second-order valence-electron chi connectivity index (χ2n) is 7.07. The number of aromatic nitrogens is 2. The van der Waals surface area contributed by atoms with E-state index < -0.39 is 0 Å². The fourth-order valence-electron chi connectivity index (χ4n) is 3.61. The number of carbonyl (C=O) groups excluding carboxylic acids is 2. The number of benzene rings is 1. The molecule has 2 amide bonds. The van der Waals surface area contributed by atoms with Crippen LogP contribution in [0.1, 0.15) is 36.7 Å². The van der Waals surface area contributed by atoms with Crippen molar-refractivity contribution in [2.24, 2.45) is 5.92 Å². The molecule has 0 bridgehead atoms. The highest BCUT2D eigenvalue weighted by Gasteiger charge is 2.28. The zero-order valence-electron chi connectivity index (χ0n) is 16.8. The minimum absolute atomic E-state index is 0.0995. The van der Waals surface area contributed by atoms with Gasteiger partial charge in [-0.1, -0.05) is 18.2 Å². The molecule has 0 spiro atoms. The van der Waals surface area contributed by atoms with Crippen LogP contribution in [0.3, 0.4) is 0 Å². The van der Waals surface area contributed by atoms with E-state index in [1.165, 1.54) is 0 Å². The SMILES string of the molecule is CCOC(=O)C1CCN(C(=O)NCc2c(C)nn(-c3ccccc3)c2C)CC1. The van der Waals surface area contributed by atoms with E-state index in [-0.39, 0.29) is 17.9 Å². The molecule has 2 heterocycles. The number of carbonyl (C=O) groups is 2. The summed E-state index contributed by atoms with van der Waals surface area (Å²) < 4.78 is 6.98. The van der Waals surface area contributed by atoms with Crippen LogP contribution in [0.5, 0.6) is 0 Å². The molecular formula is C21H28N4O3. The van der Waals surface area contributed by atoms with Gasteiger partial charge in [0, 0.05) is 30.9 Å². The van der Waals surface area contributed by atoms with Gasteiger partial charge in [-0.2, -0.15) is 5.10 Å². The Morgan fingerprint density at radius 3 is 2.50 bits per heavy atom. The Morgan fingerprint density at radius 1 is 1.18 bits per heavy atom. The van der Waals surface area contributed by atoms with Crippen molar-refractivity contribution >= 4 is 12.0 Å². The number of esters is 1. The second-order valence-corrected chi connectivity index (χ2v) is 7.07. The predicted molar refractivity (Wildman–Crippen MR) is 106 cm³/mol. The van der Waals surface area contributed by atoms with Gasteiger partial charge in [0.25, 0.3) is 0 Å². The topological polar surface area (TPSA) is 76.5 Å². The number of piperidine rings is 1. The lowest BCUT2D eigenvalue weighted by Crippen LogP contribution is -2.45. The zero-order chi connectivity index (χ0) is 20.1. The molecular weight excluding hydrogens is 356 g/mol. The first-order chi connectivity index (χ1) is 13.5. The fraction of sp³-hybridized carbons (Fsp3) is 0.476. The average Bonchev–Trinajstić information content (AvgIpc) is 3.00. The molecule has 3 rings (SSSR count). The van der Waals surface area contributed by atoms with Gasteiger partial charge < -0.3 is 15.0 Å². The summed E-state index contributed by atoms with van der Waals surface area (Å²) in [5.41, 5.74) is 3.95. The Balaban J connectivity index is 1.57. The molecule has 1 aliphatic rings. The molecule has 1 N–H and O–H groups in total. The van der Waals surface area contributed by atoms with Crippen molar-refractivity contribution < 1.29 is 14.3 Å². The maximum atomic E-state index is 12.5. The van der Waals surface area contributed by atoms with E-state index in [0.717, 1.165) is 22.6 Å². The van der Waals surface area contributed by atoms with Gasteiger partial charge in [-0.05, 0) is 45.7 Å². The molecule has 0 radical (unpaired) electrons. The Kier molecular flexibility index (Phi) is 6.34. The summed E-state index contributed by atoms with van der Waals surface area (Å²) in [7, 11) is 0. The minimum Gasteiger partial charge on any atom is -0.466 e. The first-order valence-corrected chi connectivity index (χ1v) is 9.81. The van der Waals surface area contributed by atoms with Crippen molar-refractivity contribution in [3.63, 3.8) is 0 Å². The van der Waals surface area contributed by atoms with Crippen molar-refractivity contribution in [1.29, 1.82) is 0 Å². The number of hydrogen-bond donors (Lipinski definition) is 1. The highest BCUT2D eigenvalue weighted by Crippen LogP contribution is 2.20. The van der Waals surface area contributed by atoms with Gasteiger partial charge in [0.05, 0.1) is 23.9 Å². The van der Waals surface area contributed by atoms with Gasteiger partial charge in [-0.25, -0.2) is 9.48 Å². The van der Waals surface area contributed by atoms with Crippen molar-refractivity contribution in [1.82, 2.24) is 20.0 Å². The van der Waals surface area contributed by atoms with Crippen LogP contribution in [-0.2, 0) is 16.1 Å². The third-order valence-electron chi connectivity index (χ3n) is 5.26. The molecule has 1 fully saturated rings. The quantitative estimate of drug-likeness (QED) is 0.804. The van der Waals surface area contributed by atoms with E-state index in [2.05, 4.69) is 10.4 Å². The molecule has 1 saturated heterocycles. The predicted octanol–water partition coefficient (Wildman–Crippen LogP) is 2.97. The van der Waals surface area contributed by atoms with Crippen LogP contribution >= 0.6 is 0 Å². The van der Waals surface area contributed by atoms with Gasteiger partial charge in [0.15, 0.2) is 0 Å². The number of aryl methyl sites for hydroxylation is 1. The normalized spacial score (nSPS) is 14.8. The summed E-state index contributed by atoms with van der Waals surface area (Å²) in [6.07, 6.45) is 1.30. The molecule has 0 unspecified atom stereocenters. The lowest BCUT2D eigenvalue weighted by atomic mass is 9.97. The van der Waals surface area contributed by atoms with E-state index in [1.54, 1.807) is 4.90 Å². The summed E-state index contributed by atoms with van der Waals surface area (Å²) >= 11 is 0. The molecule has 1 aromatic carbocycles. The third kappa shape index (κ3) is 4.35. The van der Waals surface area contributed by atoms with E-state index in [0.29, 0.717) is 39.1 Å². The van der Waals surface area contributed by atoms with Crippen molar-refractivity contribution in [2.75, 3.05) is 19.7 Å². The van der Waals surface area contributed by atoms with Crippen molar-refractivity contribution in [3.05, 3.63) is 47.3 Å². The number of ether oxygens (including phenoxy) is 1. The molecule has 2 aromatic rings. The number of urea groups is 1. The van der Waals surface area contributed by atoms with Gasteiger partial charge in [-0.3, -0.25) is 4.79 Å². The van der Waals surface area contributed by atoms with Crippen LogP contribution in [0.2, 0.25) is 0 Å². The summed E-state index contributed by atoms with van der Waals surface area (Å²) in [6.45, 7) is 7.74. The largest absolute Gasteiger partial charge is 0.466 e. The minimum atomic E-state index is -0.151. The molecule has 150 valence electrons. The summed E-state index contributed by atoms with van der Waals surface area (Å²) in [6, 6.07) is 9.85. The number of amides is 2. The standard InChI is InChI=1S/C21H28N4O3/c1-4-28-20(26)17-10-12-24(13-11-17)21(27)22-14-19-15(2)23-25(16(19)3)18-8-6-5-7-9-18/h5-9,17H,4,10-14H2,1-3H3,(H,22,27). The Bertz CT molecular complexity index is 824. The maximum Gasteiger partial charge on any atom is 0.317 e. The highest BCUT2D eigenvalue weighted by atomic mass is 16.5. The molecule has 7 heteroatoms. The number of nitrogens with one attached hydrogen (secondary N) is 1. The van der Waals surface area contributed by atoms with E-state index in [4.69, 9.17) is 4.74 Å². The van der Waals surface area contributed by atoms with Gasteiger partial charge in [0.2, 0.25) is 0 Å². The number of nitrogens with zero attached hydrogens (tertiary/aromatic N) is 3. The summed E-state index contributed by atoms with van der Waals surface area (Å²) in [5.74, 6) is -0.250. The Labute approximate surface area is 165 Å². The van der Waals surface area contributed by atoms with Crippen LogP contribution in [0.25, 0.3) is 5.69 Å². The van der Waals surface area contributed by atoms with E-state index in [1.807, 2.05) is 55.8 Å². The molecule has 1 aromatic heterocycles. The smallest absolute Gasteiger partial charge is 0.317 e. The van der Waals surface area contributed by atoms with E-state index in [9.17, 15) is 9.59 Å². The molecule has 0 atom stereocenters. The molecule has 0 saturated carbocycles. The highest BCUT2D eigenvalue weighted by molar-refractivity contribution is 5.76. The summed E-state index contributed by atoms with van der Waals surface area (Å²) in [5, 5.41) is 7.62. The zero-order valence-corrected chi connectivity index (χ0v) is 16.8. The van der Waals surface area contributed by atoms with Crippen LogP contribution in [0, 0.1) is 19.8 Å². The van der Waals surface area contributed by atoms with Gasteiger partial charge >= 0.3 is 12.0 Å². The maximum absolute atomic E-state index is 12.5. The molecule has 1 aliphatic heterocycles. The van der Waals surface area contributed by atoms with Gasteiger partial charge in [0.1, 0.15) is 0 Å². The molecule has 28 heavy (non-hydrogen) atoms. The molecule has 0 aliphatic carbocycles. The van der Waals surface area contributed by atoms with Crippen molar-refractivity contribution in [2.45, 2.75) is 40.2 Å². The van der Waals surface area contributed by atoms with Gasteiger partial charge in [-0.15, -0.1) is 0 Å². The number of rotatable bonds is 5.